The third-order valence-corrected chi connectivity index (χ3v) is 3.48. The Balaban J connectivity index is 2.47. The lowest BCUT2D eigenvalue weighted by Crippen LogP contribution is -2.47. The second kappa shape index (κ2) is 6.84. The van der Waals surface area contributed by atoms with Gasteiger partial charge >= 0.3 is 6.03 Å². The van der Waals surface area contributed by atoms with Crippen LogP contribution in [-0.4, -0.2) is 35.3 Å². The van der Waals surface area contributed by atoms with E-state index in [9.17, 15) is 9.59 Å². The number of carbonyl (C=O) groups excluding carboxylic acids is 2. The number of halogens is 1. The fourth-order valence-corrected chi connectivity index (χ4v) is 2.16. The molecule has 1 N–H and O–H groups in total. The molecule has 0 aromatic rings. The summed E-state index contributed by atoms with van der Waals surface area (Å²) in [5, 5.41) is 1.63. The van der Waals surface area contributed by atoms with E-state index in [1.54, 1.807) is 18.9 Å². The second-order valence-electron chi connectivity index (χ2n) is 4.67. The first-order valence-corrected chi connectivity index (χ1v) is 6.67. The minimum Gasteiger partial charge on any atom is -0.325 e. The van der Waals surface area contributed by atoms with Crippen LogP contribution in [0.15, 0.2) is 0 Å². The fourth-order valence-electron chi connectivity index (χ4n) is 2.10. The molecular weight excluding hydrogens is 240 g/mol. The largest absolute Gasteiger partial charge is 0.325 e. The summed E-state index contributed by atoms with van der Waals surface area (Å²) >= 11 is 5.61. The van der Waals surface area contributed by atoms with Crippen molar-refractivity contribution in [1.82, 2.24) is 10.2 Å². The molecule has 0 heterocycles. The molecule has 1 aliphatic carbocycles. The van der Waals surface area contributed by atoms with Crippen molar-refractivity contribution in [2.24, 2.45) is 0 Å². The molecule has 0 saturated heterocycles. The first kappa shape index (κ1) is 14.3. The maximum Gasteiger partial charge on any atom is 0.324 e. The van der Waals surface area contributed by atoms with Gasteiger partial charge in [0.25, 0.3) is 0 Å². The number of nitrogens with one attached hydrogen (secondary N) is 1. The molecule has 4 nitrogen and oxygen atoms in total. The zero-order chi connectivity index (χ0) is 12.8. The van der Waals surface area contributed by atoms with Crippen LogP contribution in [0.5, 0.6) is 0 Å². The zero-order valence-electron chi connectivity index (χ0n) is 10.5. The quantitative estimate of drug-likeness (QED) is 0.613. The molecule has 1 aliphatic rings. The van der Waals surface area contributed by atoms with Gasteiger partial charge in [-0.05, 0) is 19.8 Å². The van der Waals surface area contributed by atoms with Crippen LogP contribution in [0, 0.1) is 0 Å². The van der Waals surface area contributed by atoms with Gasteiger partial charge in [0.1, 0.15) is 5.38 Å². The Kier molecular flexibility index (Phi) is 5.75. The Bertz CT molecular complexity index is 274. The van der Waals surface area contributed by atoms with E-state index in [1.807, 2.05) is 0 Å². The number of nitrogens with zero attached hydrogens (tertiary/aromatic N) is 1. The average molecular weight is 261 g/mol. The lowest BCUT2D eigenvalue weighted by atomic mass is 10.1. The van der Waals surface area contributed by atoms with Gasteiger partial charge in [0, 0.05) is 13.1 Å². The smallest absolute Gasteiger partial charge is 0.324 e. The highest BCUT2D eigenvalue weighted by Crippen LogP contribution is 2.20. The van der Waals surface area contributed by atoms with E-state index in [1.165, 1.54) is 12.8 Å². The van der Waals surface area contributed by atoms with E-state index in [0.717, 1.165) is 25.7 Å². The third-order valence-electron chi connectivity index (χ3n) is 3.28. The molecule has 98 valence electrons. The van der Waals surface area contributed by atoms with E-state index in [0.29, 0.717) is 0 Å². The Hall–Kier alpha value is -0.770. The molecule has 3 amide bonds. The first-order chi connectivity index (χ1) is 8.02. The van der Waals surface area contributed by atoms with Crippen LogP contribution in [-0.2, 0) is 4.79 Å². The van der Waals surface area contributed by atoms with Crippen molar-refractivity contribution < 1.29 is 9.59 Å². The van der Waals surface area contributed by atoms with Gasteiger partial charge in [-0.25, -0.2) is 4.79 Å². The molecule has 17 heavy (non-hydrogen) atoms. The fraction of sp³-hybridized carbons (Fsp3) is 0.833. The molecule has 0 spiro atoms. The SMILES string of the molecule is CC(Cl)C(=O)NC(=O)N(C)C1CCCCCC1. The third kappa shape index (κ3) is 4.54. The van der Waals surface area contributed by atoms with Gasteiger partial charge in [-0.15, -0.1) is 11.6 Å². The Morgan fingerprint density at radius 3 is 2.24 bits per heavy atom. The summed E-state index contributed by atoms with van der Waals surface area (Å²) in [6, 6.07) is -0.0923. The molecule has 0 aromatic heterocycles. The van der Waals surface area contributed by atoms with Gasteiger partial charge in [0.15, 0.2) is 0 Å². The molecule has 0 aromatic carbocycles. The Morgan fingerprint density at radius 1 is 1.24 bits per heavy atom. The summed E-state index contributed by atoms with van der Waals surface area (Å²) < 4.78 is 0. The van der Waals surface area contributed by atoms with Crippen molar-refractivity contribution in [2.45, 2.75) is 56.9 Å². The van der Waals surface area contributed by atoms with E-state index >= 15 is 0 Å². The average Bonchev–Trinajstić information content (AvgIpc) is 2.56. The predicted octanol–water partition coefficient (Wildman–Crippen LogP) is 2.50. The molecule has 0 bridgehead atoms. The highest BCUT2D eigenvalue weighted by atomic mass is 35.5. The first-order valence-electron chi connectivity index (χ1n) is 6.24. The highest BCUT2D eigenvalue weighted by molar-refractivity contribution is 6.31. The molecule has 0 aliphatic heterocycles. The monoisotopic (exact) mass is 260 g/mol. The number of amides is 3. The van der Waals surface area contributed by atoms with Gasteiger partial charge in [0.2, 0.25) is 5.91 Å². The van der Waals surface area contributed by atoms with Crippen LogP contribution < -0.4 is 5.32 Å². The maximum atomic E-state index is 11.8. The minimum absolute atomic E-state index is 0.246. The van der Waals surface area contributed by atoms with E-state index in [4.69, 9.17) is 11.6 Å². The minimum atomic E-state index is -0.679. The van der Waals surface area contributed by atoms with Gasteiger partial charge in [-0.2, -0.15) is 0 Å². The van der Waals surface area contributed by atoms with E-state index < -0.39 is 11.3 Å². The van der Waals surface area contributed by atoms with Gasteiger partial charge in [-0.1, -0.05) is 25.7 Å². The molecular formula is C12H21ClN2O2. The topological polar surface area (TPSA) is 49.4 Å². The summed E-state index contributed by atoms with van der Waals surface area (Å²) in [7, 11) is 1.75. The number of carbonyl (C=O) groups is 2. The number of hydrogen-bond acceptors (Lipinski definition) is 2. The van der Waals surface area contributed by atoms with Crippen molar-refractivity contribution in [3.05, 3.63) is 0 Å². The van der Waals surface area contributed by atoms with Crippen molar-refractivity contribution in [2.75, 3.05) is 7.05 Å². The molecule has 1 fully saturated rings. The van der Waals surface area contributed by atoms with Crippen molar-refractivity contribution in [3.63, 3.8) is 0 Å². The van der Waals surface area contributed by atoms with Crippen LogP contribution in [0.2, 0.25) is 0 Å². The van der Waals surface area contributed by atoms with Crippen molar-refractivity contribution in [1.29, 1.82) is 0 Å². The molecule has 1 atom stereocenters. The number of alkyl halides is 1. The number of imide groups is 1. The normalized spacial score (nSPS) is 19.2. The summed E-state index contributed by atoms with van der Waals surface area (Å²) in [4.78, 5) is 24.8. The predicted molar refractivity (Wildman–Crippen MR) is 68.1 cm³/mol. The number of urea groups is 1. The van der Waals surface area contributed by atoms with Gasteiger partial charge in [-0.3, -0.25) is 10.1 Å². The number of hydrogen-bond donors (Lipinski definition) is 1. The summed E-state index contributed by atoms with van der Waals surface area (Å²) in [6.07, 6.45) is 6.83. The highest BCUT2D eigenvalue weighted by Gasteiger charge is 2.23. The Morgan fingerprint density at radius 2 is 1.76 bits per heavy atom. The molecule has 0 radical (unpaired) electrons. The van der Waals surface area contributed by atoms with Gasteiger partial charge in [0.05, 0.1) is 0 Å². The Labute approximate surface area is 108 Å². The van der Waals surface area contributed by atoms with Crippen molar-refractivity contribution >= 4 is 23.5 Å². The molecule has 1 saturated carbocycles. The van der Waals surface area contributed by atoms with Crippen LogP contribution in [0.1, 0.15) is 45.4 Å². The molecule has 5 heteroatoms. The molecule has 1 rings (SSSR count). The van der Waals surface area contributed by atoms with Crippen LogP contribution in [0.3, 0.4) is 0 Å². The lowest BCUT2D eigenvalue weighted by Gasteiger charge is -2.27. The van der Waals surface area contributed by atoms with E-state index in [2.05, 4.69) is 5.32 Å². The maximum absolute atomic E-state index is 11.8. The van der Waals surface area contributed by atoms with Crippen LogP contribution in [0.25, 0.3) is 0 Å². The number of rotatable bonds is 2. The van der Waals surface area contributed by atoms with Gasteiger partial charge < -0.3 is 4.90 Å². The summed E-state index contributed by atoms with van der Waals surface area (Å²) in [5.41, 5.74) is 0. The molecule has 1 unspecified atom stereocenters. The second-order valence-corrected chi connectivity index (χ2v) is 5.32. The summed E-state index contributed by atoms with van der Waals surface area (Å²) in [6.45, 7) is 1.55. The summed E-state index contributed by atoms with van der Waals surface area (Å²) in [5.74, 6) is -0.433. The van der Waals surface area contributed by atoms with Crippen LogP contribution >= 0.6 is 11.6 Å². The lowest BCUT2D eigenvalue weighted by molar-refractivity contribution is -0.119. The van der Waals surface area contributed by atoms with Crippen LogP contribution in [0.4, 0.5) is 4.79 Å². The van der Waals surface area contributed by atoms with E-state index in [-0.39, 0.29) is 12.1 Å². The zero-order valence-corrected chi connectivity index (χ0v) is 11.3. The van der Waals surface area contributed by atoms with Crippen molar-refractivity contribution in [3.8, 4) is 0 Å². The standard InChI is InChI=1S/C12H21ClN2O2/c1-9(13)11(16)14-12(17)15(2)10-7-5-3-4-6-8-10/h9-10H,3-8H2,1-2H3,(H,14,16,17).